The molecule has 2 atom stereocenters. The van der Waals surface area contributed by atoms with Crippen molar-refractivity contribution in [3.63, 3.8) is 0 Å². The number of hydrogen-bond donors (Lipinski definition) is 0. The maximum Gasteiger partial charge on any atom is 0.420 e. The number of benzene rings is 2. The summed E-state index contributed by atoms with van der Waals surface area (Å²) in [6.45, 7) is 5.82. The van der Waals surface area contributed by atoms with Gasteiger partial charge in [0, 0.05) is 50.9 Å². The van der Waals surface area contributed by atoms with Crippen molar-refractivity contribution in [3.05, 3.63) is 83.6 Å². The van der Waals surface area contributed by atoms with Crippen LogP contribution in [0.4, 0.5) is 20.6 Å². The number of morpholine rings is 1. The molecule has 40 heavy (non-hydrogen) atoms. The van der Waals surface area contributed by atoms with E-state index in [9.17, 15) is 4.79 Å². The highest BCUT2D eigenvalue weighted by atomic mass is 32.1. The Morgan fingerprint density at radius 1 is 1.07 bits per heavy atom. The number of fused-ring (bicyclic) bond motifs is 2. The molecular formula is C31H31FN4O3S. The molecule has 0 radical (unpaired) electrons. The Morgan fingerprint density at radius 2 is 1.90 bits per heavy atom. The Kier molecular flexibility index (Phi) is 6.87. The van der Waals surface area contributed by atoms with Crippen molar-refractivity contribution < 1.29 is 18.7 Å². The van der Waals surface area contributed by atoms with Crippen LogP contribution in [0.2, 0.25) is 0 Å². The lowest BCUT2D eigenvalue weighted by Crippen LogP contribution is -2.38. The van der Waals surface area contributed by atoms with Crippen LogP contribution in [0, 0.1) is 23.6 Å². The molecule has 2 aliphatic heterocycles. The molecule has 206 valence electrons. The fourth-order valence-electron chi connectivity index (χ4n) is 6.28. The van der Waals surface area contributed by atoms with Gasteiger partial charge < -0.3 is 14.4 Å². The third-order valence-electron chi connectivity index (χ3n) is 8.39. The monoisotopic (exact) mass is 558 g/mol. The highest BCUT2D eigenvalue weighted by Gasteiger charge is 2.56. The molecule has 4 heterocycles. The van der Waals surface area contributed by atoms with E-state index in [0.717, 1.165) is 30.5 Å². The Hall–Kier alpha value is -3.53. The summed E-state index contributed by atoms with van der Waals surface area (Å²) < 4.78 is 26.4. The van der Waals surface area contributed by atoms with Gasteiger partial charge >= 0.3 is 6.09 Å². The molecule has 0 spiro atoms. The molecular weight excluding hydrogens is 527 g/mol. The number of thiophene rings is 1. The van der Waals surface area contributed by atoms with Crippen LogP contribution >= 0.6 is 11.3 Å². The highest BCUT2D eigenvalue weighted by Crippen LogP contribution is 2.52. The summed E-state index contributed by atoms with van der Waals surface area (Å²) in [7, 11) is 0. The maximum absolute atomic E-state index is 15.3. The topological polar surface area (TPSA) is 58.1 Å². The normalized spacial score (nSPS) is 22.3. The molecule has 7 rings (SSSR count). The number of halogens is 1. The average Bonchev–Trinajstić information content (AvgIpc) is 3.31. The minimum Gasteiger partial charge on any atom is -0.399 e. The predicted octanol–water partition coefficient (Wildman–Crippen LogP) is 5.66. The van der Waals surface area contributed by atoms with Crippen LogP contribution in [0.1, 0.15) is 5.56 Å². The van der Waals surface area contributed by atoms with Crippen LogP contribution in [0.25, 0.3) is 10.9 Å². The second-order valence-electron chi connectivity index (χ2n) is 10.9. The van der Waals surface area contributed by atoms with Crippen molar-refractivity contribution in [2.45, 2.75) is 6.54 Å². The van der Waals surface area contributed by atoms with E-state index in [4.69, 9.17) is 9.47 Å². The summed E-state index contributed by atoms with van der Waals surface area (Å²) in [5.74, 6) is 1.06. The molecule has 2 unspecified atom stereocenters. The molecule has 0 N–H and O–H groups in total. The third-order valence-corrected chi connectivity index (χ3v) is 9.14. The Labute approximate surface area is 236 Å². The number of anilines is 2. The van der Waals surface area contributed by atoms with E-state index in [1.807, 2.05) is 46.8 Å². The van der Waals surface area contributed by atoms with Crippen LogP contribution in [0.15, 0.2) is 72.2 Å². The fraction of sp³-hybridized carbons (Fsp3) is 0.355. The molecule has 2 aromatic carbocycles. The summed E-state index contributed by atoms with van der Waals surface area (Å²) in [5.41, 5.74) is 3.30. The van der Waals surface area contributed by atoms with Crippen molar-refractivity contribution in [1.29, 1.82) is 0 Å². The Bertz CT molecular complexity index is 1500. The molecule has 4 aromatic rings. The lowest BCUT2D eigenvalue weighted by Gasteiger charge is -2.30. The second kappa shape index (κ2) is 10.8. The molecule has 0 bridgehead atoms. The number of pyridine rings is 1. The van der Waals surface area contributed by atoms with Crippen molar-refractivity contribution in [1.82, 2.24) is 9.88 Å². The lowest BCUT2D eigenvalue weighted by molar-refractivity contribution is 0.122. The molecule has 1 amide bonds. The number of piperidine rings is 1. The summed E-state index contributed by atoms with van der Waals surface area (Å²) in [6, 6.07) is 19.1. The smallest absolute Gasteiger partial charge is 0.399 e. The van der Waals surface area contributed by atoms with Crippen LogP contribution in [-0.4, -0.2) is 61.9 Å². The van der Waals surface area contributed by atoms with Gasteiger partial charge in [-0.25, -0.2) is 9.18 Å². The molecule has 2 saturated heterocycles. The van der Waals surface area contributed by atoms with Gasteiger partial charge in [0.2, 0.25) is 0 Å². The Balaban J connectivity index is 1.04. The van der Waals surface area contributed by atoms with Gasteiger partial charge in [0.05, 0.1) is 30.1 Å². The van der Waals surface area contributed by atoms with Crippen LogP contribution in [0.5, 0.6) is 5.06 Å². The molecule has 1 aliphatic carbocycles. The summed E-state index contributed by atoms with van der Waals surface area (Å²) in [6.07, 6.45) is 1.51. The van der Waals surface area contributed by atoms with E-state index in [-0.39, 0.29) is 5.82 Å². The van der Waals surface area contributed by atoms with E-state index in [0.29, 0.717) is 67.0 Å². The van der Waals surface area contributed by atoms with Gasteiger partial charge in [-0.3, -0.25) is 14.8 Å². The summed E-state index contributed by atoms with van der Waals surface area (Å²) >= 11 is 1.37. The van der Waals surface area contributed by atoms with Gasteiger partial charge in [-0.1, -0.05) is 18.2 Å². The van der Waals surface area contributed by atoms with E-state index >= 15 is 4.39 Å². The van der Waals surface area contributed by atoms with Gasteiger partial charge in [-0.2, -0.15) is 0 Å². The van der Waals surface area contributed by atoms with E-state index in [2.05, 4.69) is 22.0 Å². The number of hydrogen-bond acceptors (Lipinski definition) is 7. The molecule has 3 fully saturated rings. The van der Waals surface area contributed by atoms with E-state index in [1.165, 1.54) is 23.0 Å². The number of carbonyl (C=O) groups excluding carboxylic acids is 1. The first-order valence-electron chi connectivity index (χ1n) is 13.8. The summed E-state index contributed by atoms with van der Waals surface area (Å²) in [5, 5.41) is 3.56. The number of para-hydroxylation sites is 1. The largest absolute Gasteiger partial charge is 0.420 e. The quantitative estimate of drug-likeness (QED) is 0.292. The number of ether oxygens (including phenoxy) is 2. The van der Waals surface area contributed by atoms with Crippen molar-refractivity contribution in [3.8, 4) is 5.06 Å². The van der Waals surface area contributed by atoms with Gasteiger partial charge in [-0.15, -0.1) is 11.3 Å². The molecule has 2 aromatic heterocycles. The number of carbonyl (C=O) groups is 1. The second-order valence-corrected chi connectivity index (χ2v) is 11.8. The van der Waals surface area contributed by atoms with Crippen molar-refractivity contribution in [2.75, 3.05) is 55.7 Å². The number of rotatable bonds is 7. The van der Waals surface area contributed by atoms with Gasteiger partial charge in [-0.05, 0) is 71.2 Å². The van der Waals surface area contributed by atoms with Crippen LogP contribution in [-0.2, 0) is 11.3 Å². The highest BCUT2D eigenvalue weighted by molar-refractivity contribution is 7.11. The molecule has 1 saturated carbocycles. The zero-order valence-electron chi connectivity index (χ0n) is 22.1. The zero-order chi connectivity index (χ0) is 27.1. The zero-order valence-corrected chi connectivity index (χ0v) is 22.9. The minimum absolute atomic E-state index is 0.334. The minimum atomic E-state index is -0.468. The molecule has 3 aliphatic rings. The maximum atomic E-state index is 15.3. The molecule has 9 heteroatoms. The van der Waals surface area contributed by atoms with Crippen molar-refractivity contribution >= 4 is 39.7 Å². The van der Waals surface area contributed by atoms with Crippen LogP contribution < -0.4 is 14.5 Å². The lowest BCUT2D eigenvalue weighted by atomic mass is 10.1. The standard InChI is InChI=1S/C31H31FN4O3S/c32-27-15-23(7-8-29(27)35-9-11-38-12-10-35)36(31(37)39-30-6-3-13-40-30)20-26-24-18-34(19-25(24)26)17-21-14-22-4-1-2-5-28(22)33-16-21/h1-8,13-16,24-26H,9-12,17-20H2. The first kappa shape index (κ1) is 25.4. The van der Waals surface area contributed by atoms with Gasteiger partial charge in [0.1, 0.15) is 5.82 Å². The average molecular weight is 559 g/mol. The van der Waals surface area contributed by atoms with E-state index < -0.39 is 6.09 Å². The predicted molar refractivity (Wildman–Crippen MR) is 155 cm³/mol. The van der Waals surface area contributed by atoms with E-state index in [1.54, 1.807) is 17.0 Å². The number of nitrogens with zero attached hydrogens (tertiary/aromatic N) is 4. The van der Waals surface area contributed by atoms with Gasteiger partial charge in [0.25, 0.3) is 0 Å². The number of amides is 1. The van der Waals surface area contributed by atoms with Crippen molar-refractivity contribution in [2.24, 2.45) is 17.8 Å². The van der Waals surface area contributed by atoms with Crippen LogP contribution in [0.3, 0.4) is 0 Å². The Morgan fingerprint density at radius 3 is 2.67 bits per heavy atom. The fourth-order valence-corrected chi connectivity index (χ4v) is 6.85. The first-order chi connectivity index (χ1) is 19.6. The summed E-state index contributed by atoms with van der Waals surface area (Å²) in [4.78, 5) is 24.0. The SMILES string of the molecule is O=C(Oc1cccs1)N(CC1C2CN(Cc3cnc4ccccc4c3)CC21)c1ccc(N2CCOCC2)c(F)c1. The number of likely N-dealkylation sites (tertiary alicyclic amines) is 1. The third kappa shape index (κ3) is 5.16. The first-order valence-corrected chi connectivity index (χ1v) is 14.7. The molecule has 7 nitrogen and oxygen atoms in total. The van der Waals surface area contributed by atoms with Gasteiger partial charge in [0.15, 0.2) is 5.06 Å². The number of aromatic nitrogens is 1.